The molecule has 1 amide bonds. The van der Waals surface area contributed by atoms with Gasteiger partial charge in [-0.15, -0.1) is 11.3 Å². The van der Waals surface area contributed by atoms with E-state index in [4.69, 9.17) is 0 Å². The summed E-state index contributed by atoms with van der Waals surface area (Å²) < 4.78 is 0. The second-order valence-electron chi connectivity index (χ2n) is 2.68. The molecule has 0 atom stereocenters. The summed E-state index contributed by atoms with van der Waals surface area (Å²) in [6, 6.07) is 0. The minimum Gasteiger partial charge on any atom is -0.372 e. The van der Waals surface area contributed by atoms with Crippen LogP contribution in [0.1, 0.15) is 5.01 Å². The van der Waals surface area contributed by atoms with Crippen molar-refractivity contribution in [2.75, 3.05) is 26.0 Å². The highest BCUT2D eigenvalue weighted by molar-refractivity contribution is 7.10. The molecule has 0 aliphatic heterocycles. The molecule has 0 aromatic carbocycles. The molecule has 0 fully saturated rings. The zero-order valence-corrected chi connectivity index (χ0v) is 9.07. The molecule has 1 aromatic heterocycles. The van der Waals surface area contributed by atoms with Gasteiger partial charge in [-0.25, -0.2) is 4.98 Å². The monoisotopic (exact) mass is 214 g/mol. The van der Waals surface area contributed by atoms with Gasteiger partial charge < -0.3 is 16.0 Å². The fourth-order valence-corrected chi connectivity index (χ4v) is 1.63. The standard InChI is InChI=1S/C8H14N4OS/c1-9-3-7(13)11-4-8-12-6(10-2)5-14-8/h5,9-10H,3-4H2,1-2H3,(H,11,13). The molecule has 0 spiro atoms. The summed E-state index contributed by atoms with van der Waals surface area (Å²) in [5.41, 5.74) is 0. The Bertz CT molecular complexity index is 299. The molecular formula is C8H14N4OS. The van der Waals surface area contributed by atoms with Crippen molar-refractivity contribution in [2.45, 2.75) is 6.54 Å². The molecule has 1 rings (SSSR count). The van der Waals surface area contributed by atoms with Crippen LogP contribution in [0.4, 0.5) is 5.82 Å². The van der Waals surface area contributed by atoms with E-state index in [1.54, 1.807) is 7.05 Å². The van der Waals surface area contributed by atoms with E-state index in [2.05, 4.69) is 20.9 Å². The van der Waals surface area contributed by atoms with Gasteiger partial charge in [-0.2, -0.15) is 0 Å². The summed E-state index contributed by atoms with van der Waals surface area (Å²) in [4.78, 5) is 15.3. The predicted molar refractivity (Wildman–Crippen MR) is 57.4 cm³/mol. The van der Waals surface area contributed by atoms with E-state index in [1.165, 1.54) is 11.3 Å². The van der Waals surface area contributed by atoms with Crippen LogP contribution in [-0.2, 0) is 11.3 Å². The summed E-state index contributed by atoms with van der Waals surface area (Å²) in [5.74, 6) is 0.821. The molecule has 1 aromatic rings. The van der Waals surface area contributed by atoms with Crippen molar-refractivity contribution in [2.24, 2.45) is 0 Å². The SMILES string of the molecule is CNCC(=O)NCc1nc(NC)cs1. The quantitative estimate of drug-likeness (QED) is 0.646. The van der Waals surface area contributed by atoms with Crippen LogP contribution in [0, 0.1) is 0 Å². The van der Waals surface area contributed by atoms with E-state index in [9.17, 15) is 4.79 Å². The maximum Gasteiger partial charge on any atom is 0.234 e. The third kappa shape index (κ3) is 3.31. The van der Waals surface area contributed by atoms with Gasteiger partial charge >= 0.3 is 0 Å². The smallest absolute Gasteiger partial charge is 0.234 e. The lowest BCUT2D eigenvalue weighted by Crippen LogP contribution is -2.31. The zero-order valence-electron chi connectivity index (χ0n) is 8.26. The molecule has 0 aliphatic carbocycles. The Labute approximate surface area is 86.9 Å². The Morgan fingerprint density at radius 3 is 2.93 bits per heavy atom. The highest BCUT2D eigenvalue weighted by Crippen LogP contribution is 2.12. The van der Waals surface area contributed by atoms with Crippen molar-refractivity contribution in [3.8, 4) is 0 Å². The predicted octanol–water partition coefficient (Wildman–Crippen LogP) is 0.0204. The van der Waals surface area contributed by atoms with E-state index in [0.29, 0.717) is 13.1 Å². The van der Waals surface area contributed by atoms with Crippen LogP contribution in [-0.4, -0.2) is 31.5 Å². The van der Waals surface area contributed by atoms with Crippen molar-refractivity contribution < 1.29 is 4.79 Å². The number of rotatable bonds is 5. The molecule has 0 saturated carbocycles. The van der Waals surface area contributed by atoms with Gasteiger partial charge in [0.25, 0.3) is 0 Å². The van der Waals surface area contributed by atoms with Crippen molar-refractivity contribution in [1.82, 2.24) is 15.6 Å². The Hall–Kier alpha value is -1.14. The number of likely N-dealkylation sites (N-methyl/N-ethyl adjacent to an activating group) is 1. The number of anilines is 1. The number of hydrogen-bond donors (Lipinski definition) is 3. The number of aromatic nitrogens is 1. The van der Waals surface area contributed by atoms with Gasteiger partial charge in [-0.05, 0) is 7.05 Å². The maximum atomic E-state index is 11.1. The van der Waals surface area contributed by atoms with E-state index >= 15 is 0 Å². The molecule has 78 valence electrons. The number of carbonyl (C=O) groups excluding carboxylic acids is 1. The number of hydrogen-bond acceptors (Lipinski definition) is 5. The average molecular weight is 214 g/mol. The van der Waals surface area contributed by atoms with Crippen LogP contribution in [0.15, 0.2) is 5.38 Å². The van der Waals surface area contributed by atoms with Crippen LogP contribution >= 0.6 is 11.3 Å². The fraction of sp³-hybridized carbons (Fsp3) is 0.500. The summed E-state index contributed by atoms with van der Waals surface area (Å²) in [6.45, 7) is 0.830. The van der Waals surface area contributed by atoms with Gasteiger partial charge in [0.15, 0.2) is 0 Å². The van der Waals surface area contributed by atoms with Crippen molar-refractivity contribution in [3.63, 3.8) is 0 Å². The second-order valence-corrected chi connectivity index (χ2v) is 3.63. The third-order valence-corrected chi connectivity index (χ3v) is 2.43. The first kappa shape index (κ1) is 10.9. The van der Waals surface area contributed by atoms with Crippen LogP contribution in [0.2, 0.25) is 0 Å². The Morgan fingerprint density at radius 1 is 1.57 bits per heavy atom. The average Bonchev–Trinajstić information content (AvgIpc) is 2.63. The van der Waals surface area contributed by atoms with Crippen molar-refractivity contribution in [1.29, 1.82) is 0 Å². The van der Waals surface area contributed by atoms with Crippen LogP contribution < -0.4 is 16.0 Å². The molecule has 5 nitrogen and oxygen atoms in total. The Kier molecular flexibility index (Phi) is 4.34. The van der Waals surface area contributed by atoms with E-state index in [0.717, 1.165) is 10.8 Å². The molecule has 0 radical (unpaired) electrons. The van der Waals surface area contributed by atoms with E-state index in [-0.39, 0.29) is 5.91 Å². The van der Waals surface area contributed by atoms with E-state index < -0.39 is 0 Å². The summed E-state index contributed by atoms with van der Waals surface area (Å²) in [7, 11) is 3.56. The first-order valence-electron chi connectivity index (χ1n) is 4.29. The maximum absolute atomic E-state index is 11.1. The van der Waals surface area contributed by atoms with Crippen molar-refractivity contribution in [3.05, 3.63) is 10.4 Å². The molecule has 1 heterocycles. The van der Waals surface area contributed by atoms with Gasteiger partial charge in [0.1, 0.15) is 10.8 Å². The molecular weight excluding hydrogens is 200 g/mol. The molecule has 0 saturated heterocycles. The van der Waals surface area contributed by atoms with Gasteiger partial charge in [0.2, 0.25) is 5.91 Å². The Morgan fingerprint density at radius 2 is 2.36 bits per heavy atom. The first-order valence-corrected chi connectivity index (χ1v) is 5.17. The summed E-state index contributed by atoms with van der Waals surface area (Å²) >= 11 is 1.53. The summed E-state index contributed by atoms with van der Waals surface area (Å²) in [5, 5.41) is 11.3. The van der Waals surface area contributed by atoms with Gasteiger partial charge in [0, 0.05) is 12.4 Å². The topological polar surface area (TPSA) is 66.0 Å². The third-order valence-electron chi connectivity index (χ3n) is 1.58. The number of carbonyl (C=O) groups is 1. The summed E-state index contributed by atoms with van der Waals surface area (Å²) in [6.07, 6.45) is 0. The van der Waals surface area contributed by atoms with Gasteiger partial charge in [-0.3, -0.25) is 4.79 Å². The lowest BCUT2D eigenvalue weighted by Gasteiger charge is -2.01. The minimum absolute atomic E-state index is 0.0197. The number of amides is 1. The van der Waals surface area contributed by atoms with Crippen LogP contribution in [0.5, 0.6) is 0 Å². The van der Waals surface area contributed by atoms with E-state index in [1.807, 2.05) is 12.4 Å². The normalized spacial score (nSPS) is 9.86. The van der Waals surface area contributed by atoms with Gasteiger partial charge in [-0.1, -0.05) is 0 Å². The fourth-order valence-electron chi connectivity index (χ4n) is 0.904. The first-order chi connectivity index (χ1) is 6.76. The molecule has 14 heavy (non-hydrogen) atoms. The molecule has 0 bridgehead atoms. The number of thiazole rings is 1. The lowest BCUT2D eigenvalue weighted by atomic mass is 10.5. The zero-order chi connectivity index (χ0) is 10.4. The highest BCUT2D eigenvalue weighted by atomic mass is 32.1. The van der Waals surface area contributed by atoms with Gasteiger partial charge in [0.05, 0.1) is 13.1 Å². The van der Waals surface area contributed by atoms with Crippen LogP contribution in [0.25, 0.3) is 0 Å². The molecule has 0 aliphatic rings. The molecule has 0 unspecified atom stereocenters. The lowest BCUT2D eigenvalue weighted by molar-refractivity contribution is -0.120. The number of nitrogens with one attached hydrogen (secondary N) is 3. The second kappa shape index (κ2) is 5.56. The molecule has 3 N–H and O–H groups in total. The van der Waals surface area contributed by atoms with Crippen molar-refractivity contribution >= 4 is 23.1 Å². The largest absolute Gasteiger partial charge is 0.372 e. The minimum atomic E-state index is -0.0197. The number of nitrogens with zero attached hydrogens (tertiary/aromatic N) is 1. The molecule has 6 heteroatoms. The Balaban J connectivity index is 2.34. The van der Waals surface area contributed by atoms with Crippen LogP contribution in [0.3, 0.4) is 0 Å². The highest BCUT2D eigenvalue weighted by Gasteiger charge is 2.02.